The predicted molar refractivity (Wildman–Crippen MR) is 332 cm³/mol. The van der Waals surface area contributed by atoms with E-state index in [1.165, 1.54) is 179 Å². The molecule has 1 unspecified atom stereocenters. The topological polar surface area (TPSA) is 176 Å². The lowest BCUT2D eigenvalue weighted by Gasteiger charge is -2.27. The Morgan fingerprint density at radius 1 is 0.373 bits per heavy atom. The molecule has 0 heterocycles. The summed E-state index contributed by atoms with van der Waals surface area (Å²) in [6.07, 6.45) is 43.9. The molecule has 0 aliphatic heterocycles. The zero-order valence-electron chi connectivity index (χ0n) is 54.4. The molecule has 17 nitrogen and oxygen atoms in total. The van der Waals surface area contributed by atoms with Crippen LogP contribution in [0.3, 0.4) is 0 Å². The Bertz CT molecular complexity index is 1550. The first-order chi connectivity index (χ1) is 40.1. The van der Waals surface area contributed by atoms with Crippen LogP contribution in [0.15, 0.2) is 24.3 Å². The second-order valence-corrected chi connectivity index (χ2v) is 23.6. The zero-order valence-corrected chi connectivity index (χ0v) is 54.4. The molecule has 17 heteroatoms. The van der Waals surface area contributed by atoms with Gasteiger partial charge in [0.05, 0.1) is 72.6 Å². The predicted octanol–water partition coefficient (Wildman–Crippen LogP) is 14.7. The van der Waals surface area contributed by atoms with E-state index in [-0.39, 0.29) is 52.2 Å². The van der Waals surface area contributed by atoms with Gasteiger partial charge < -0.3 is 52.1 Å². The summed E-state index contributed by atoms with van der Waals surface area (Å²) >= 11 is 0. The van der Waals surface area contributed by atoms with Crippen molar-refractivity contribution in [3.63, 3.8) is 0 Å². The van der Waals surface area contributed by atoms with Crippen molar-refractivity contribution in [3.8, 4) is 0 Å². The maximum Gasteiger partial charge on any atom is 0.410 e. The van der Waals surface area contributed by atoms with Crippen LogP contribution in [0.4, 0.5) is 9.59 Å². The second-order valence-electron chi connectivity index (χ2n) is 23.6. The molecule has 1 atom stereocenters. The first kappa shape index (κ1) is 79.7. The number of ether oxygens (including phenoxy) is 11. The number of nitrogens with zero attached hydrogens (tertiary/aromatic N) is 2. The normalized spacial score (nSPS) is 12.3. The minimum Gasteiger partial charge on any atom is -0.462 e. The lowest BCUT2D eigenvalue weighted by atomic mass is 10.1. The molecule has 0 aromatic carbocycles. The van der Waals surface area contributed by atoms with Crippen LogP contribution in [0.1, 0.15) is 235 Å². The maximum absolute atomic E-state index is 12.9. The summed E-state index contributed by atoms with van der Waals surface area (Å²) < 4.78 is 61.8. The number of hydrogen-bond donors (Lipinski definition) is 0. The van der Waals surface area contributed by atoms with Crippen molar-refractivity contribution >= 4 is 24.1 Å². The van der Waals surface area contributed by atoms with Gasteiger partial charge in [-0.3, -0.25) is 19.4 Å². The van der Waals surface area contributed by atoms with E-state index in [0.29, 0.717) is 52.9 Å². The van der Waals surface area contributed by atoms with E-state index in [9.17, 15) is 19.2 Å². The Morgan fingerprint density at radius 3 is 1.10 bits per heavy atom. The van der Waals surface area contributed by atoms with E-state index in [1.54, 1.807) is 41.5 Å². The maximum atomic E-state index is 12.9. The van der Waals surface area contributed by atoms with Crippen LogP contribution in [-0.2, 0) is 61.7 Å². The van der Waals surface area contributed by atoms with Crippen LogP contribution in [0.25, 0.3) is 0 Å². The van der Waals surface area contributed by atoms with E-state index in [0.717, 1.165) is 24.3 Å². The third-order valence-electron chi connectivity index (χ3n) is 13.2. The van der Waals surface area contributed by atoms with Crippen molar-refractivity contribution < 1.29 is 71.3 Å². The highest BCUT2D eigenvalue weighted by atomic mass is 16.6. The number of amides is 2. The van der Waals surface area contributed by atoms with Gasteiger partial charge in [-0.1, -0.05) is 154 Å². The van der Waals surface area contributed by atoms with Crippen LogP contribution >= 0.6 is 0 Å². The molecule has 488 valence electrons. The van der Waals surface area contributed by atoms with Crippen LogP contribution in [0.2, 0.25) is 0 Å². The van der Waals surface area contributed by atoms with Crippen molar-refractivity contribution in [2.45, 2.75) is 252 Å². The molecule has 2 amide bonds. The van der Waals surface area contributed by atoms with Gasteiger partial charge in [-0.25, -0.2) is 9.59 Å². The molecule has 0 aliphatic carbocycles. The average molecular weight is 1190 g/mol. The Balaban J connectivity index is 4.51. The zero-order chi connectivity index (χ0) is 61.2. The number of carbonyl (C=O) groups is 4. The standard InChI is InChI=1S/C66H124N2O15/c1-10-12-14-16-18-20-22-24-26-28-30-32-34-36-38-40-44-77-58-60(79-45-41-39-37-35-33-31-29-27-25-23-21-19-17-15-13-11-2)59-78-53-52-75-49-48-74-50-51-76-54-55-81-62(70)57-68(64(72)83-66(6,7)8)43-47-80-61(69)56-67(42-46-73-9)63(71)82-65(3,4)5/h24-27,60H,10-23,28-59H2,1-9H3/b26-24-,27-25-. The molecule has 0 aromatic heterocycles. The van der Waals surface area contributed by atoms with Crippen LogP contribution in [0, 0.1) is 0 Å². The Labute approximate surface area is 505 Å². The highest BCUT2D eigenvalue weighted by Gasteiger charge is 2.27. The molecule has 0 saturated heterocycles. The van der Waals surface area contributed by atoms with E-state index in [2.05, 4.69) is 38.2 Å². The molecule has 0 saturated carbocycles. The summed E-state index contributed by atoms with van der Waals surface area (Å²) in [4.78, 5) is 53.2. The Kier molecular flexibility index (Phi) is 55.4. The number of hydrogen-bond acceptors (Lipinski definition) is 15. The van der Waals surface area contributed by atoms with E-state index < -0.39 is 48.4 Å². The molecule has 0 bridgehead atoms. The Hall–Kier alpha value is -3.32. The molecule has 83 heavy (non-hydrogen) atoms. The quantitative estimate of drug-likeness (QED) is 0.0243. The second kappa shape index (κ2) is 57.7. The third-order valence-corrected chi connectivity index (χ3v) is 13.2. The monoisotopic (exact) mass is 1180 g/mol. The van der Waals surface area contributed by atoms with Crippen molar-refractivity contribution in [1.82, 2.24) is 9.80 Å². The molecule has 0 N–H and O–H groups in total. The highest BCUT2D eigenvalue weighted by Crippen LogP contribution is 2.15. The summed E-state index contributed by atoms with van der Waals surface area (Å²) in [7, 11) is 1.48. The summed E-state index contributed by atoms with van der Waals surface area (Å²) in [6, 6.07) is 0. The number of rotatable bonds is 59. The molecule has 0 spiro atoms. The SMILES string of the molecule is CCCCCCCC/C=C\CCCCCCCCOCC(COCCOCCOCCOCCOC(=O)CN(CCOC(=O)CN(CCOC)C(=O)OC(C)(C)C)C(=O)OC(C)(C)C)OCCCCCCCC/C=C\CCCCCCCC. The lowest BCUT2D eigenvalue weighted by molar-refractivity contribution is -0.147. The van der Waals surface area contributed by atoms with Crippen LogP contribution in [0.5, 0.6) is 0 Å². The molecule has 0 radical (unpaired) electrons. The first-order valence-electron chi connectivity index (χ1n) is 32.7. The van der Waals surface area contributed by atoms with Gasteiger partial charge in [0.1, 0.15) is 43.6 Å². The van der Waals surface area contributed by atoms with Gasteiger partial charge in [0.25, 0.3) is 0 Å². The first-order valence-corrected chi connectivity index (χ1v) is 32.7. The summed E-state index contributed by atoms with van der Waals surface area (Å²) in [5.41, 5.74) is -1.61. The van der Waals surface area contributed by atoms with Gasteiger partial charge in [-0.05, 0) is 106 Å². The molecule has 0 aliphatic rings. The van der Waals surface area contributed by atoms with E-state index >= 15 is 0 Å². The number of methoxy groups -OCH3 is 1. The van der Waals surface area contributed by atoms with Crippen molar-refractivity contribution in [2.24, 2.45) is 0 Å². The van der Waals surface area contributed by atoms with Gasteiger partial charge >= 0.3 is 24.1 Å². The number of carbonyl (C=O) groups excluding carboxylic acids is 4. The van der Waals surface area contributed by atoms with Gasteiger partial charge in [-0.15, -0.1) is 0 Å². The van der Waals surface area contributed by atoms with Crippen LogP contribution in [-0.4, -0.2) is 177 Å². The minimum absolute atomic E-state index is 0.0467. The van der Waals surface area contributed by atoms with E-state index in [1.807, 2.05) is 0 Å². The summed E-state index contributed by atoms with van der Waals surface area (Å²) in [5, 5.41) is 0. The average Bonchev–Trinajstić information content (AvgIpc) is 3.44. The molecule has 0 rings (SSSR count). The van der Waals surface area contributed by atoms with Crippen molar-refractivity contribution in [1.29, 1.82) is 0 Å². The highest BCUT2D eigenvalue weighted by molar-refractivity contribution is 5.79. The fourth-order valence-electron chi connectivity index (χ4n) is 8.50. The number of esters is 2. The molecule has 0 fully saturated rings. The fourth-order valence-corrected chi connectivity index (χ4v) is 8.50. The van der Waals surface area contributed by atoms with E-state index in [4.69, 9.17) is 52.1 Å². The smallest absolute Gasteiger partial charge is 0.410 e. The molecular formula is C66H124N2O15. The lowest BCUT2D eigenvalue weighted by Crippen LogP contribution is -2.43. The molecule has 0 aromatic rings. The number of unbranched alkanes of at least 4 members (excludes halogenated alkanes) is 24. The Morgan fingerprint density at radius 2 is 0.699 bits per heavy atom. The molecular weight excluding hydrogens is 1060 g/mol. The van der Waals surface area contributed by atoms with Crippen LogP contribution < -0.4 is 0 Å². The van der Waals surface area contributed by atoms with Gasteiger partial charge in [-0.2, -0.15) is 0 Å². The minimum atomic E-state index is -0.843. The number of allylic oxidation sites excluding steroid dienone is 4. The summed E-state index contributed by atoms with van der Waals surface area (Å²) in [6.45, 7) is 18.6. The largest absolute Gasteiger partial charge is 0.462 e. The fraction of sp³-hybridized carbons (Fsp3) is 0.879. The van der Waals surface area contributed by atoms with Gasteiger partial charge in [0.2, 0.25) is 0 Å². The summed E-state index contributed by atoms with van der Waals surface area (Å²) in [5.74, 6) is -1.43. The van der Waals surface area contributed by atoms with Gasteiger partial charge in [0.15, 0.2) is 0 Å². The third kappa shape index (κ3) is 58.8. The van der Waals surface area contributed by atoms with Crippen molar-refractivity contribution in [3.05, 3.63) is 24.3 Å². The van der Waals surface area contributed by atoms with Crippen molar-refractivity contribution in [2.75, 3.05) is 126 Å². The van der Waals surface area contributed by atoms with Gasteiger partial charge in [0, 0.05) is 26.9 Å².